The van der Waals surface area contributed by atoms with Gasteiger partial charge < -0.3 is 10.3 Å². The van der Waals surface area contributed by atoms with E-state index in [0.29, 0.717) is 42.2 Å². The third-order valence-corrected chi connectivity index (χ3v) is 5.77. The van der Waals surface area contributed by atoms with E-state index < -0.39 is 15.9 Å². The first-order valence-electron chi connectivity index (χ1n) is 8.67. The summed E-state index contributed by atoms with van der Waals surface area (Å²) in [6.45, 7) is 2.38. The number of carbonyl (C=O) groups excluding carboxylic acids is 1. The smallest absolute Gasteiger partial charge is 0.251 e. The van der Waals surface area contributed by atoms with E-state index in [9.17, 15) is 18.0 Å². The fourth-order valence-corrected chi connectivity index (χ4v) is 4.07. The first-order chi connectivity index (χ1) is 12.7. The van der Waals surface area contributed by atoms with Crippen LogP contribution in [0.5, 0.6) is 0 Å². The van der Waals surface area contributed by atoms with Gasteiger partial charge in [0.1, 0.15) is 5.82 Å². The standard InChI is InChI=1S/C18H22N4O4S/c1-12-9-16(23)21-17(19-12)13-5-3-7-15(10-13)20-18(24)14-6-4-8-22(11-14)27(2,25)26/h3,5,7,9-10,14H,4,6,8,11H2,1-2H3,(H,20,24)(H,19,21,23). The maximum absolute atomic E-state index is 12.6. The van der Waals surface area contributed by atoms with Gasteiger partial charge in [0.05, 0.1) is 12.2 Å². The van der Waals surface area contributed by atoms with E-state index in [1.807, 2.05) is 0 Å². The molecular formula is C18H22N4O4S. The zero-order valence-electron chi connectivity index (χ0n) is 15.2. The fraction of sp³-hybridized carbons (Fsp3) is 0.389. The van der Waals surface area contributed by atoms with Crippen LogP contribution < -0.4 is 10.9 Å². The fourth-order valence-electron chi connectivity index (χ4n) is 3.16. The van der Waals surface area contributed by atoms with Gasteiger partial charge in [0.15, 0.2) is 0 Å². The molecular weight excluding hydrogens is 368 g/mol. The van der Waals surface area contributed by atoms with Crippen LogP contribution in [0.2, 0.25) is 0 Å². The second-order valence-electron chi connectivity index (χ2n) is 6.77. The molecule has 1 atom stereocenters. The SMILES string of the molecule is Cc1cc(=O)[nH]c(-c2cccc(NC(=O)C3CCCN(S(C)(=O)=O)C3)c2)n1. The van der Waals surface area contributed by atoms with E-state index >= 15 is 0 Å². The molecule has 9 heteroatoms. The summed E-state index contributed by atoms with van der Waals surface area (Å²) in [6.07, 6.45) is 2.45. The molecule has 1 aromatic heterocycles. The summed E-state index contributed by atoms with van der Waals surface area (Å²) in [5.74, 6) is -0.183. The average Bonchev–Trinajstić information content (AvgIpc) is 2.60. The molecule has 0 aliphatic carbocycles. The van der Waals surface area contributed by atoms with Crippen molar-refractivity contribution >= 4 is 21.6 Å². The van der Waals surface area contributed by atoms with Crippen LogP contribution in [-0.4, -0.2) is 47.9 Å². The Morgan fingerprint density at radius 3 is 2.81 bits per heavy atom. The van der Waals surface area contributed by atoms with Gasteiger partial charge in [-0.25, -0.2) is 17.7 Å². The summed E-state index contributed by atoms with van der Waals surface area (Å²) in [5.41, 5.74) is 1.61. The van der Waals surface area contributed by atoms with E-state index in [1.165, 1.54) is 10.4 Å². The molecule has 2 aromatic rings. The van der Waals surface area contributed by atoms with Crippen LogP contribution in [0.3, 0.4) is 0 Å². The van der Waals surface area contributed by atoms with Gasteiger partial charge in [-0.15, -0.1) is 0 Å². The number of amides is 1. The van der Waals surface area contributed by atoms with Crippen molar-refractivity contribution < 1.29 is 13.2 Å². The van der Waals surface area contributed by atoms with Crippen molar-refractivity contribution in [3.8, 4) is 11.4 Å². The second-order valence-corrected chi connectivity index (χ2v) is 8.75. The molecule has 2 heterocycles. The molecule has 1 aliphatic heterocycles. The largest absolute Gasteiger partial charge is 0.326 e. The number of sulfonamides is 1. The summed E-state index contributed by atoms with van der Waals surface area (Å²) in [5, 5.41) is 2.84. The lowest BCUT2D eigenvalue weighted by Crippen LogP contribution is -2.43. The Bertz CT molecular complexity index is 1020. The van der Waals surface area contributed by atoms with Crippen molar-refractivity contribution in [1.82, 2.24) is 14.3 Å². The van der Waals surface area contributed by atoms with Gasteiger partial charge >= 0.3 is 0 Å². The molecule has 1 unspecified atom stereocenters. The Morgan fingerprint density at radius 2 is 2.11 bits per heavy atom. The Balaban J connectivity index is 1.76. The highest BCUT2D eigenvalue weighted by Crippen LogP contribution is 2.23. The molecule has 27 heavy (non-hydrogen) atoms. The third kappa shape index (κ3) is 4.81. The normalized spacial score (nSPS) is 18.2. The highest BCUT2D eigenvalue weighted by atomic mass is 32.2. The second kappa shape index (κ2) is 7.61. The number of aromatic amines is 1. The number of carbonyl (C=O) groups is 1. The Morgan fingerprint density at radius 1 is 1.33 bits per heavy atom. The maximum Gasteiger partial charge on any atom is 0.251 e. The molecule has 0 spiro atoms. The highest BCUT2D eigenvalue weighted by Gasteiger charge is 2.30. The number of anilines is 1. The van der Waals surface area contributed by atoms with Crippen molar-refractivity contribution in [3.05, 3.63) is 46.4 Å². The zero-order chi connectivity index (χ0) is 19.6. The predicted molar refractivity (Wildman–Crippen MR) is 103 cm³/mol. The van der Waals surface area contributed by atoms with Crippen molar-refractivity contribution in [2.75, 3.05) is 24.7 Å². The molecule has 1 amide bonds. The van der Waals surface area contributed by atoms with Crippen LogP contribution in [0, 0.1) is 12.8 Å². The minimum absolute atomic E-state index is 0.192. The molecule has 0 saturated carbocycles. The first-order valence-corrected chi connectivity index (χ1v) is 10.5. The number of aromatic nitrogens is 2. The van der Waals surface area contributed by atoms with E-state index in [-0.39, 0.29) is 18.0 Å². The number of aryl methyl sites for hydroxylation is 1. The van der Waals surface area contributed by atoms with E-state index in [4.69, 9.17) is 0 Å². The Hall–Kier alpha value is -2.52. The summed E-state index contributed by atoms with van der Waals surface area (Å²) in [6, 6.07) is 8.43. The lowest BCUT2D eigenvalue weighted by Gasteiger charge is -2.30. The first kappa shape index (κ1) is 19.2. The van der Waals surface area contributed by atoms with Crippen LogP contribution in [-0.2, 0) is 14.8 Å². The molecule has 0 bridgehead atoms. The number of nitrogens with zero attached hydrogens (tertiary/aromatic N) is 2. The zero-order valence-corrected chi connectivity index (χ0v) is 16.0. The molecule has 1 fully saturated rings. The summed E-state index contributed by atoms with van der Waals surface area (Å²) in [4.78, 5) is 31.2. The number of nitrogens with one attached hydrogen (secondary N) is 2. The summed E-state index contributed by atoms with van der Waals surface area (Å²) in [7, 11) is -3.30. The molecule has 8 nitrogen and oxygen atoms in total. The van der Waals surface area contributed by atoms with E-state index in [1.54, 1.807) is 31.2 Å². The van der Waals surface area contributed by atoms with Crippen LogP contribution in [0.25, 0.3) is 11.4 Å². The van der Waals surface area contributed by atoms with Gasteiger partial charge in [-0.05, 0) is 31.9 Å². The highest BCUT2D eigenvalue weighted by molar-refractivity contribution is 7.88. The monoisotopic (exact) mass is 390 g/mol. The van der Waals surface area contributed by atoms with Crippen molar-refractivity contribution in [3.63, 3.8) is 0 Å². The number of hydrogen-bond acceptors (Lipinski definition) is 5. The van der Waals surface area contributed by atoms with Gasteiger partial charge in [0.2, 0.25) is 15.9 Å². The molecule has 1 saturated heterocycles. The van der Waals surface area contributed by atoms with Gasteiger partial charge in [0, 0.05) is 36.1 Å². The number of piperidine rings is 1. The Labute approximate surface area is 157 Å². The number of rotatable bonds is 4. The third-order valence-electron chi connectivity index (χ3n) is 4.50. The molecule has 3 rings (SSSR count). The number of hydrogen-bond donors (Lipinski definition) is 2. The quantitative estimate of drug-likeness (QED) is 0.818. The van der Waals surface area contributed by atoms with Crippen LogP contribution in [0.4, 0.5) is 5.69 Å². The minimum Gasteiger partial charge on any atom is -0.326 e. The van der Waals surface area contributed by atoms with Crippen molar-refractivity contribution in [2.24, 2.45) is 5.92 Å². The van der Waals surface area contributed by atoms with Gasteiger partial charge in [0.25, 0.3) is 5.56 Å². The number of benzene rings is 1. The van der Waals surface area contributed by atoms with Crippen LogP contribution >= 0.6 is 0 Å². The molecule has 1 aromatic carbocycles. The van der Waals surface area contributed by atoms with Crippen molar-refractivity contribution in [2.45, 2.75) is 19.8 Å². The maximum atomic E-state index is 12.6. The minimum atomic E-state index is -3.30. The topological polar surface area (TPSA) is 112 Å². The molecule has 144 valence electrons. The predicted octanol–water partition coefficient (Wildman–Crippen LogP) is 1.36. The van der Waals surface area contributed by atoms with E-state index in [2.05, 4.69) is 15.3 Å². The molecule has 0 radical (unpaired) electrons. The van der Waals surface area contributed by atoms with Gasteiger partial charge in [-0.1, -0.05) is 12.1 Å². The van der Waals surface area contributed by atoms with Crippen LogP contribution in [0.1, 0.15) is 18.5 Å². The van der Waals surface area contributed by atoms with Crippen LogP contribution in [0.15, 0.2) is 35.1 Å². The van der Waals surface area contributed by atoms with Gasteiger partial charge in [-0.2, -0.15) is 0 Å². The average molecular weight is 390 g/mol. The summed E-state index contributed by atoms with van der Waals surface area (Å²) < 4.78 is 24.8. The van der Waals surface area contributed by atoms with E-state index in [0.717, 1.165) is 6.26 Å². The lowest BCUT2D eigenvalue weighted by atomic mass is 9.98. The number of H-pyrrole nitrogens is 1. The molecule has 2 N–H and O–H groups in total. The lowest BCUT2D eigenvalue weighted by molar-refractivity contribution is -0.120. The van der Waals surface area contributed by atoms with Gasteiger partial charge in [-0.3, -0.25) is 9.59 Å². The summed E-state index contributed by atoms with van der Waals surface area (Å²) >= 11 is 0. The van der Waals surface area contributed by atoms with Crippen molar-refractivity contribution in [1.29, 1.82) is 0 Å². The molecule has 1 aliphatic rings. The Kier molecular flexibility index (Phi) is 5.43.